The molecule has 0 aromatic carbocycles. The van der Waals surface area contributed by atoms with Crippen molar-refractivity contribution in [2.45, 2.75) is 45.3 Å². The zero-order valence-corrected chi connectivity index (χ0v) is 11.3. The molecular weight excluding hydrogens is 226 g/mol. The normalized spacial score (nSPS) is 25.6. The fourth-order valence-electron chi connectivity index (χ4n) is 2.02. The van der Waals surface area contributed by atoms with Crippen LogP contribution in [0.25, 0.3) is 0 Å². The van der Waals surface area contributed by atoms with Crippen LogP contribution in [0.2, 0.25) is 0 Å². The molecule has 0 aromatic rings. The molecule has 1 unspecified atom stereocenters. The van der Waals surface area contributed by atoms with Gasteiger partial charge in [-0.25, -0.2) is 8.42 Å². The summed E-state index contributed by atoms with van der Waals surface area (Å²) < 4.78 is 28.4. The average Bonchev–Trinajstić information content (AvgIpc) is 2.13. The first-order valence-electron chi connectivity index (χ1n) is 5.92. The van der Waals surface area contributed by atoms with Crippen LogP contribution in [0, 0.1) is 0 Å². The van der Waals surface area contributed by atoms with E-state index in [1.165, 1.54) is 0 Å². The monoisotopic (exact) mass is 249 g/mol. The molecule has 96 valence electrons. The first kappa shape index (κ1) is 13.9. The molecule has 0 aromatic heterocycles. The van der Waals surface area contributed by atoms with Gasteiger partial charge in [-0.2, -0.15) is 0 Å². The summed E-state index contributed by atoms with van der Waals surface area (Å²) >= 11 is 0. The van der Waals surface area contributed by atoms with Gasteiger partial charge >= 0.3 is 0 Å². The highest BCUT2D eigenvalue weighted by molar-refractivity contribution is 7.91. The molecule has 1 fully saturated rings. The van der Waals surface area contributed by atoms with Gasteiger partial charge in [0.1, 0.15) is 0 Å². The smallest absolute Gasteiger partial charge is 0.151 e. The summed E-state index contributed by atoms with van der Waals surface area (Å²) in [5, 5.41) is 3.30. The third-order valence-electron chi connectivity index (χ3n) is 2.81. The van der Waals surface area contributed by atoms with Gasteiger partial charge < -0.3 is 10.1 Å². The molecule has 0 bridgehead atoms. The predicted octanol–water partition coefficient (Wildman–Crippen LogP) is 0.968. The highest BCUT2D eigenvalue weighted by Crippen LogP contribution is 2.14. The fourth-order valence-corrected chi connectivity index (χ4v) is 3.69. The van der Waals surface area contributed by atoms with Crippen molar-refractivity contribution in [2.24, 2.45) is 0 Å². The topological polar surface area (TPSA) is 55.4 Å². The molecule has 0 aliphatic carbocycles. The molecular formula is C11H23NO3S. The van der Waals surface area contributed by atoms with E-state index in [0.29, 0.717) is 18.9 Å². The fraction of sp³-hybridized carbons (Fsp3) is 1.00. The van der Waals surface area contributed by atoms with Gasteiger partial charge in [-0.1, -0.05) is 0 Å². The maximum atomic E-state index is 11.4. The van der Waals surface area contributed by atoms with Crippen LogP contribution in [0.3, 0.4) is 0 Å². The van der Waals surface area contributed by atoms with E-state index in [1.807, 2.05) is 20.8 Å². The lowest BCUT2D eigenvalue weighted by atomic mass is 10.1. The van der Waals surface area contributed by atoms with E-state index in [4.69, 9.17) is 4.74 Å². The second-order valence-corrected chi connectivity index (χ2v) is 7.26. The molecule has 1 aliphatic heterocycles. The Morgan fingerprint density at radius 3 is 2.69 bits per heavy atom. The van der Waals surface area contributed by atoms with Crippen LogP contribution in [-0.2, 0) is 14.6 Å². The van der Waals surface area contributed by atoms with Crippen molar-refractivity contribution in [1.29, 1.82) is 0 Å². The molecule has 0 amide bonds. The lowest BCUT2D eigenvalue weighted by molar-refractivity contribution is -0.0104. The highest BCUT2D eigenvalue weighted by atomic mass is 32.2. The average molecular weight is 249 g/mol. The SMILES string of the molecule is CCOC(C)(C)CNC1CCCS(=O)(=O)C1. The molecule has 16 heavy (non-hydrogen) atoms. The minimum absolute atomic E-state index is 0.0958. The summed E-state index contributed by atoms with van der Waals surface area (Å²) in [4.78, 5) is 0. The van der Waals surface area contributed by atoms with Gasteiger partial charge in [0.25, 0.3) is 0 Å². The van der Waals surface area contributed by atoms with Gasteiger partial charge in [0.2, 0.25) is 0 Å². The molecule has 1 atom stereocenters. The van der Waals surface area contributed by atoms with Crippen LogP contribution in [0.1, 0.15) is 33.6 Å². The number of hydrogen-bond acceptors (Lipinski definition) is 4. The number of sulfone groups is 1. The maximum absolute atomic E-state index is 11.4. The van der Waals surface area contributed by atoms with E-state index in [1.54, 1.807) is 0 Å². The van der Waals surface area contributed by atoms with Crippen molar-refractivity contribution in [3.05, 3.63) is 0 Å². The van der Waals surface area contributed by atoms with Crippen molar-refractivity contribution in [3.8, 4) is 0 Å². The van der Waals surface area contributed by atoms with Crippen molar-refractivity contribution in [3.63, 3.8) is 0 Å². The lowest BCUT2D eigenvalue weighted by Crippen LogP contribution is -2.47. The van der Waals surface area contributed by atoms with Crippen LogP contribution in [0.4, 0.5) is 0 Å². The van der Waals surface area contributed by atoms with Gasteiger partial charge in [0, 0.05) is 19.2 Å². The Morgan fingerprint density at radius 1 is 1.44 bits per heavy atom. The van der Waals surface area contributed by atoms with Gasteiger partial charge in [-0.05, 0) is 33.6 Å². The van der Waals surface area contributed by atoms with Crippen molar-refractivity contribution in [2.75, 3.05) is 24.7 Å². The predicted molar refractivity (Wildman–Crippen MR) is 65.4 cm³/mol. The zero-order valence-electron chi connectivity index (χ0n) is 10.5. The quantitative estimate of drug-likeness (QED) is 0.789. The Hall–Kier alpha value is -0.130. The molecule has 5 heteroatoms. The molecule has 0 saturated carbocycles. The Morgan fingerprint density at radius 2 is 2.12 bits per heavy atom. The number of ether oxygens (including phenoxy) is 1. The third-order valence-corrected chi connectivity index (χ3v) is 4.64. The van der Waals surface area contributed by atoms with Crippen molar-refractivity contribution in [1.82, 2.24) is 5.32 Å². The van der Waals surface area contributed by atoms with Crippen molar-refractivity contribution < 1.29 is 13.2 Å². The minimum atomic E-state index is -2.82. The van der Waals surface area contributed by atoms with Gasteiger partial charge in [0.05, 0.1) is 17.1 Å². The number of rotatable bonds is 5. The van der Waals surface area contributed by atoms with Gasteiger partial charge in [-0.3, -0.25) is 0 Å². The molecule has 0 radical (unpaired) electrons. The van der Waals surface area contributed by atoms with Crippen LogP contribution < -0.4 is 5.32 Å². The number of nitrogens with one attached hydrogen (secondary N) is 1. The third kappa shape index (κ3) is 4.80. The number of hydrogen-bond donors (Lipinski definition) is 1. The zero-order chi connectivity index (χ0) is 12.2. The molecule has 1 rings (SSSR count). The molecule has 4 nitrogen and oxygen atoms in total. The Kier molecular flexibility index (Phi) is 4.76. The summed E-state index contributed by atoms with van der Waals surface area (Å²) in [5.74, 6) is 0.620. The van der Waals surface area contributed by atoms with Crippen LogP contribution in [0.5, 0.6) is 0 Å². The van der Waals surface area contributed by atoms with E-state index < -0.39 is 9.84 Å². The largest absolute Gasteiger partial charge is 0.375 e. The van der Waals surface area contributed by atoms with Crippen LogP contribution in [0.15, 0.2) is 0 Å². The first-order chi connectivity index (χ1) is 7.35. The van der Waals surface area contributed by atoms with Gasteiger partial charge in [-0.15, -0.1) is 0 Å². The molecule has 1 saturated heterocycles. The van der Waals surface area contributed by atoms with Crippen LogP contribution in [-0.4, -0.2) is 44.7 Å². The summed E-state index contributed by atoms with van der Waals surface area (Å²) in [6.07, 6.45) is 1.72. The Balaban J connectivity index is 2.38. The minimum Gasteiger partial charge on any atom is -0.375 e. The standard InChI is InChI=1S/C11H23NO3S/c1-4-15-11(2,3)9-12-10-6-5-7-16(13,14)8-10/h10,12H,4-9H2,1-3H3. The van der Waals surface area contributed by atoms with E-state index in [-0.39, 0.29) is 17.4 Å². The second kappa shape index (κ2) is 5.47. The molecule has 0 spiro atoms. The van der Waals surface area contributed by atoms with E-state index in [9.17, 15) is 8.42 Å². The Labute approximate surface area is 98.7 Å². The second-order valence-electron chi connectivity index (χ2n) is 5.03. The Bertz CT molecular complexity index is 311. The summed E-state index contributed by atoms with van der Waals surface area (Å²) in [7, 11) is -2.82. The molecule has 1 heterocycles. The summed E-state index contributed by atoms with van der Waals surface area (Å²) in [6.45, 7) is 7.37. The highest BCUT2D eigenvalue weighted by Gasteiger charge is 2.26. The maximum Gasteiger partial charge on any atom is 0.151 e. The molecule has 1 N–H and O–H groups in total. The van der Waals surface area contributed by atoms with E-state index in [2.05, 4.69) is 5.32 Å². The first-order valence-corrected chi connectivity index (χ1v) is 7.74. The lowest BCUT2D eigenvalue weighted by Gasteiger charge is -2.30. The van der Waals surface area contributed by atoms with Crippen molar-refractivity contribution >= 4 is 9.84 Å². The van der Waals surface area contributed by atoms with E-state index in [0.717, 1.165) is 12.8 Å². The summed E-state index contributed by atoms with van der Waals surface area (Å²) in [6, 6.07) is 0.0958. The van der Waals surface area contributed by atoms with Crippen LogP contribution >= 0.6 is 0 Å². The van der Waals surface area contributed by atoms with Gasteiger partial charge in [0.15, 0.2) is 9.84 Å². The summed E-state index contributed by atoms with van der Waals surface area (Å²) in [5.41, 5.74) is -0.226. The molecule has 1 aliphatic rings. The van der Waals surface area contributed by atoms with E-state index >= 15 is 0 Å².